The van der Waals surface area contributed by atoms with Crippen molar-refractivity contribution in [3.63, 3.8) is 0 Å². The fraction of sp³-hybridized carbons (Fsp3) is 0.286. The highest BCUT2D eigenvalue weighted by Crippen LogP contribution is 2.30. The number of pyridine rings is 1. The van der Waals surface area contributed by atoms with Crippen LogP contribution >= 0.6 is 0 Å². The Balaban J connectivity index is 2.62. The van der Waals surface area contributed by atoms with E-state index < -0.39 is 11.9 Å². The van der Waals surface area contributed by atoms with E-state index >= 15 is 0 Å². The molecule has 100 valence electrons. The monoisotopic (exact) mass is 261 g/mol. The first-order valence-electron chi connectivity index (χ1n) is 5.82. The fourth-order valence-electron chi connectivity index (χ4n) is 1.83. The fourth-order valence-corrected chi connectivity index (χ4v) is 1.83. The van der Waals surface area contributed by atoms with E-state index in [-0.39, 0.29) is 0 Å². The number of aromatic nitrogens is 1. The highest BCUT2D eigenvalue weighted by Gasteiger charge is 2.16. The predicted molar refractivity (Wildman–Crippen MR) is 70.9 cm³/mol. The van der Waals surface area contributed by atoms with Crippen molar-refractivity contribution in [1.82, 2.24) is 4.98 Å². The maximum atomic E-state index is 11.0. The molecule has 1 heterocycles. The summed E-state index contributed by atoms with van der Waals surface area (Å²) in [6, 6.07) is 7.09. The van der Waals surface area contributed by atoms with Gasteiger partial charge in [-0.05, 0) is 19.1 Å². The van der Waals surface area contributed by atoms with Crippen LogP contribution < -0.4 is 9.47 Å². The third-order valence-corrected chi connectivity index (χ3v) is 3.02. The summed E-state index contributed by atoms with van der Waals surface area (Å²) in [5, 5.41) is 9.87. The van der Waals surface area contributed by atoms with Crippen molar-refractivity contribution >= 4 is 16.9 Å². The highest BCUT2D eigenvalue weighted by molar-refractivity contribution is 5.87. The molecule has 0 aliphatic heterocycles. The third kappa shape index (κ3) is 2.45. The second-order valence-electron chi connectivity index (χ2n) is 4.20. The molecule has 2 rings (SSSR count). The van der Waals surface area contributed by atoms with Crippen molar-refractivity contribution in [2.45, 2.75) is 12.8 Å². The van der Waals surface area contributed by atoms with Crippen LogP contribution in [-0.4, -0.2) is 30.3 Å². The molecule has 0 amide bonds. The van der Waals surface area contributed by atoms with E-state index in [0.717, 1.165) is 5.39 Å². The molecule has 0 radical (unpaired) electrons. The molecule has 19 heavy (non-hydrogen) atoms. The van der Waals surface area contributed by atoms with Gasteiger partial charge in [-0.15, -0.1) is 0 Å². The Kier molecular flexibility index (Phi) is 3.55. The zero-order valence-corrected chi connectivity index (χ0v) is 11.0. The molecule has 1 unspecified atom stereocenters. The van der Waals surface area contributed by atoms with Crippen LogP contribution in [0.4, 0.5) is 0 Å². The van der Waals surface area contributed by atoms with E-state index in [9.17, 15) is 4.79 Å². The molecule has 0 aliphatic carbocycles. The lowest BCUT2D eigenvalue weighted by Crippen LogP contribution is -2.09. The standard InChI is InChI=1S/C14H15NO4/c1-8(14(16)17)11-5-4-9-6-10(18-2)7-12(19-3)13(9)15-11/h4-8H,1-3H3,(H,16,17). The average molecular weight is 261 g/mol. The van der Waals surface area contributed by atoms with Crippen LogP contribution in [-0.2, 0) is 4.79 Å². The summed E-state index contributed by atoms with van der Waals surface area (Å²) in [6.45, 7) is 1.60. The molecule has 0 fully saturated rings. The third-order valence-electron chi connectivity index (χ3n) is 3.02. The van der Waals surface area contributed by atoms with Crippen LogP contribution in [0.3, 0.4) is 0 Å². The van der Waals surface area contributed by atoms with Gasteiger partial charge in [0.1, 0.15) is 17.0 Å². The number of hydrogen-bond donors (Lipinski definition) is 1. The highest BCUT2D eigenvalue weighted by atomic mass is 16.5. The lowest BCUT2D eigenvalue weighted by Gasteiger charge is -2.11. The maximum Gasteiger partial charge on any atom is 0.312 e. The molecule has 5 nitrogen and oxygen atoms in total. The van der Waals surface area contributed by atoms with Gasteiger partial charge in [0.15, 0.2) is 0 Å². The number of carboxylic acids is 1. The minimum absolute atomic E-state index is 0.503. The van der Waals surface area contributed by atoms with Crippen molar-refractivity contribution in [2.75, 3.05) is 14.2 Å². The van der Waals surface area contributed by atoms with Gasteiger partial charge in [-0.3, -0.25) is 4.79 Å². The first-order valence-corrected chi connectivity index (χ1v) is 5.82. The first kappa shape index (κ1) is 13.1. The molecule has 0 bridgehead atoms. The SMILES string of the molecule is COc1cc(OC)c2nc(C(C)C(=O)O)ccc2c1. The normalized spacial score (nSPS) is 12.2. The van der Waals surface area contributed by atoms with Gasteiger partial charge in [-0.25, -0.2) is 4.98 Å². The molecule has 1 N–H and O–H groups in total. The van der Waals surface area contributed by atoms with E-state index in [1.54, 1.807) is 33.3 Å². The number of fused-ring (bicyclic) bond motifs is 1. The van der Waals surface area contributed by atoms with Gasteiger partial charge < -0.3 is 14.6 Å². The van der Waals surface area contributed by atoms with Gasteiger partial charge in [-0.2, -0.15) is 0 Å². The summed E-state index contributed by atoms with van der Waals surface area (Å²) >= 11 is 0. The van der Waals surface area contributed by atoms with Crippen molar-refractivity contribution < 1.29 is 19.4 Å². The lowest BCUT2D eigenvalue weighted by atomic mass is 10.1. The van der Waals surface area contributed by atoms with Crippen molar-refractivity contribution in [3.8, 4) is 11.5 Å². The van der Waals surface area contributed by atoms with Gasteiger partial charge in [0.2, 0.25) is 0 Å². The van der Waals surface area contributed by atoms with Crippen LogP contribution in [0, 0.1) is 0 Å². The van der Waals surface area contributed by atoms with E-state index in [4.69, 9.17) is 14.6 Å². The minimum Gasteiger partial charge on any atom is -0.497 e. The molecule has 0 spiro atoms. The van der Waals surface area contributed by atoms with Gasteiger partial charge in [0, 0.05) is 11.5 Å². The molecule has 0 saturated carbocycles. The van der Waals surface area contributed by atoms with Crippen LogP contribution in [0.1, 0.15) is 18.5 Å². The molecule has 5 heteroatoms. The predicted octanol–water partition coefficient (Wildman–Crippen LogP) is 2.44. The zero-order valence-electron chi connectivity index (χ0n) is 11.0. The summed E-state index contributed by atoms with van der Waals surface area (Å²) in [5.41, 5.74) is 1.14. The summed E-state index contributed by atoms with van der Waals surface area (Å²) in [4.78, 5) is 15.4. The van der Waals surface area contributed by atoms with Gasteiger partial charge in [0.25, 0.3) is 0 Å². The summed E-state index contributed by atoms with van der Waals surface area (Å²) < 4.78 is 10.5. The molecular weight excluding hydrogens is 246 g/mol. The number of nitrogens with zero attached hydrogens (tertiary/aromatic N) is 1. The molecule has 1 atom stereocenters. The largest absolute Gasteiger partial charge is 0.497 e. The Morgan fingerprint density at radius 3 is 2.58 bits per heavy atom. The van der Waals surface area contributed by atoms with Gasteiger partial charge in [-0.1, -0.05) is 6.07 Å². The molecular formula is C14H15NO4. The zero-order chi connectivity index (χ0) is 14.0. The van der Waals surface area contributed by atoms with Crippen molar-refractivity contribution in [3.05, 3.63) is 30.0 Å². The summed E-state index contributed by atoms with van der Waals surface area (Å²) in [6.07, 6.45) is 0. The molecule has 0 aliphatic rings. The number of ether oxygens (including phenoxy) is 2. The Morgan fingerprint density at radius 2 is 2.00 bits per heavy atom. The average Bonchev–Trinajstić information content (AvgIpc) is 2.44. The van der Waals surface area contributed by atoms with E-state index in [2.05, 4.69) is 4.98 Å². The van der Waals surface area contributed by atoms with Crippen LogP contribution in [0.2, 0.25) is 0 Å². The Morgan fingerprint density at radius 1 is 1.26 bits per heavy atom. The smallest absolute Gasteiger partial charge is 0.312 e. The second-order valence-corrected chi connectivity index (χ2v) is 4.20. The number of aliphatic carboxylic acids is 1. The number of carboxylic acid groups (broad SMARTS) is 1. The first-order chi connectivity index (χ1) is 9.06. The topological polar surface area (TPSA) is 68.7 Å². The molecule has 1 aromatic heterocycles. The molecule has 0 saturated heterocycles. The number of rotatable bonds is 4. The number of hydrogen-bond acceptors (Lipinski definition) is 4. The second kappa shape index (κ2) is 5.14. The molecule has 2 aromatic rings. The van der Waals surface area contributed by atoms with Crippen LogP contribution in [0.25, 0.3) is 10.9 Å². The quantitative estimate of drug-likeness (QED) is 0.915. The van der Waals surface area contributed by atoms with E-state index in [0.29, 0.717) is 22.7 Å². The molecule has 1 aromatic carbocycles. The van der Waals surface area contributed by atoms with Crippen LogP contribution in [0.5, 0.6) is 11.5 Å². The number of methoxy groups -OCH3 is 2. The van der Waals surface area contributed by atoms with Gasteiger partial charge >= 0.3 is 5.97 Å². The maximum absolute atomic E-state index is 11.0. The Labute approximate surface area is 110 Å². The summed E-state index contributed by atoms with van der Waals surface area (Å²) in [5.74, 6) is -0.325. The van der Waals surface area contributed by atoms with Crippen LogP contribution in [0.15, 0.2) is 24.3 Å². The lowest BCUT2D eigenvalue weighted by molar-refractivity contribution is -0.138. The van der Waals surface area contributed by atoms with E-state index in [1.807, 2.05) is 12.1 Å². The van der Waals surface area contributed by atoms with Crippen molar-refractivity contribution in [2.24, 2.45) is 0 Å². The van der Waals surface area contributed by atoms with E-state index in [1.165, 1.54) is 0 Å². The number of benzene rings is 1. The Hall–Kier alpha value is -2.30. The van der Waals surface area contributed by atoms with Gasteiger partial charge in [0.05, 0.1) is 25.8 Å². The van der Waals surface area contributed by atoms with Crippen molar-refractivity contribution in [1.29, 1.82) is 0 Å². The summed E-state index contributed by atoms with van der Waals surface area (Å²) in [7, 11) is 3.12. The minimum atomic E-state index is -0.903. The Bertz CT molecular complexity index is 624. The number of carbonyl (C=O) groups is 1.